The number of hydrogen-bond donors (Lipinski definition) is 1. The van der Waals surface area contributed by atoms with Gasteiger partial charge in [-0.2, -0.15) is 0 Å². The van der Waals surface area contributed by atoms with Crippen molar-refractivity contribution in [2.24, 2.45) is 0 Å². The number of ether oxygens (including phenoxy) is 2. The molecule has 6 nitrogen and oxygen atoms in total. The first-order valence-electron chi connectivity index (χ1n) is 9.47. The van der Waals surface area contributed by atoms with Crippen molar-refractivity contribution in [2.75, 3.05) is 38.8 Å². The second-order valence-electron chi connectivity index (χ2n) is 6.98. The van der Waals surface area contributed by atoms with E-state index in [2.05, 4.69) is 17.1 Å². The summed E-state index contributed by atoms with van der Waals surface area (Å²) in [6.07, 6.45) is 3.28. The molecule has 2 aromatic rings. The van der Waals surface area contributed by atoms with Gasteiger partial charge in [-0.05, 0) is 38.3 Å². The number of piperidine rings is 1. The minimum atomic E-state index is 0.433. The number of nitrogens with zero attached hydrogens (tertiary/aromatic N) is 3. The Labute approximate surface area is 155 Å². The standard InChI is InChI=1S/C20H30N4O2/c1-5-15(13-25-3)22-16-8-10-24(11-9-16)20-21-14(2)18-7-6-17(26-4)12-19(18)23-20/h6-7,12,15-16,22H,5,8-11,13H2,1-4H3. The highest BCUT2D eigenvalue weighted by molar-refractivity contribution is 5.83. The number of methoxy groups -OCH3 is 2. The van der Waals surface area contributed by atoms with Gasteiger partial charge in [0.1, 0.15) is 5.75 Å². The molecule has 26 heavy (non-hydrogen) atoms. The largest absolute Gasteiger partial charge is 0.497 e. The number of benzene rings is 1. The van der Waals surface area contributed by atoms with Crippen LogP contribution < -0.4 is 15.0 Å². The first kappa shape index (κ1) is 18.9. The molecule has 0 saturated carbocycles. The first-order chi connectivity index (χ1) is 12.6. The topological polar surface area (TPSA) is 59.5 Å². The van der Waals surface area contributed by atoms with Gasteiger partial charge < -0.3 is 19.7 Å². The maximum absolute atomic E-state index is 5.34. The molecule has 142 valence electrons. The summed E-state index contributed by atoms with van der Waals surface area (Å²) in [4.78, 5) is 11.8. The van der Waals surface area contributed by atoms with Crippen LogP contribution in [0.2, 0.25) is 0 Å². The van der Waals surface area contributed by atoms with Crippen molar-refractivity contribution in [1.29, 1.82) is 0 Å². The van der Waals surface area contributed by atoms with E-state index >= 15 is 0 Å². The molecule has 1 aliphatic rings. The van der Waals surface area contributed by atoms with Crippen LogP contribution in [0.5, 0.6) is 5.75 Å². The van der Waals surface area contributed by atoms with E-state index in [0.717, 1.165) is 67.3 Å². The third kappa shape index (κ3) is 4.24. The van der Waals surface area contributed by atoms with Crippen LogP contribution in [0.4, 0.5) is 5.95 Å². The van der Waals surface area contributed by atoms with Crippen LogP contribution in [0.3, 0.4) is 0 Å². The zero-order chi connectivity index (χ0) is 18.5. The Balaban J connectivity index is 1.69. The zero-order valence-corrected chi connectivity index (χ0v) is 16.3. The van der Waals surface area contributed by atoms with Gasteiger partial charge in [-0.3, -0.25) is 0 Å². The molecule has 2 heterocycles. The summed E-state index contributed by atoms with van der Waals surface area (Å²) in [5.41, 5.74) is 1.96. The zero-order valence-electron chi connectivity index (χ0n) is 16.3. The SMILES string of the molecule is CCC(COC)NC1CCN(c2nc(C)c3ccc(OC)cc3n2)CC1. The maximum Gasteiger partial charge on any atom is 0.226 e. The third-order valence-electron chi connectivity index (χ3n) is 5.19. The molecule has 0 radical (unpaired) electrons. The predicted molar refractivity (Wildman–Crippen MR) is 105 cm³/mol. The van der Waals surface area contributed by atoms with E-state index in [1.807, 2.05) is 25.1 Å². The van der Waals surface area contributed by atoms with Crippen LogP contribution in [0.1, 0.15) is 31.9 Å². The average molecular weight is 358 g/mol. The summed E-state index contributed by atoms with van der Waals surface area (Å²) in [6, 6.07) is 6.94. The highest BCUT2D eigenvalue weighted by Crippen LogP contribution is 2.25. The number of hydrogen-bond acceptors (Lipinski definition) is 6. The number of anilines is 1. The second-order valence-corrected chi connectivity index (χ2v) is 6.98. The monoisotopic (exact) mass is 358 g/mol. The molecule has 1 aromatic heterocycles. The molecule has 1 aliphatic heterocycles. The lowest BCUT2D eigenvalue weighted by Gasteiger charge is -2.34. The van der Waals surface area contributed by atoms with Crippen molar-refractivity contribution >= 4 is 16.9 Å². The Hall–Kier alpha value is -1.92. The van der Waals surface area contributed by atoms with E-state index in [-0.39, 0.29) is 0 Å². The van der Waals surface area contributed by atoms with Gasteiger partial charge in [-0.1, -0.05) is 6.92 Å². The van der Waals surface area contributed by atoms with Crippen molar-refractivity contribution in [3.8, 4) is 5.75 Å². The van der Waals surface area contributed by atoms with Gasteiger partial charge in [0.05, 0.1) is 24.9 Å². The molecule has 0 spiro atoms. The third-order valence-corrected chi connectivity index (χ3v) is 5.19. The van der Waals surface area contributed by atoms with Gasteiger partial charge in [0.15, 0.2) is 0 Å². The minimum Gasteiger partial charge on any atom is -0.497 e. The van der Waals surface area contributed by atoms with Gasteiger partial charge >= 0.3 is 0 Å². The van der Waals surface area contributed by atoms with Crippen LogP contribution in [0.25, 0.3) is 10.9 Å². The lowest BCUT2D eigenvalue weighted by atomic mass is 10.0. The van der Waals surface area contributed by atoms with Crippen molar-refractivity contribution in [3.63, 3.8) is 0 Å². The quantitative estimate of drug-likeness (QED) is 0.821. The summed E-state index contributed by atoms with van der Waals surface area (Å²) >= 11 is 0. The van der Waals surface area contributed by atoms with E-state index in [1.54, 1.807) is 14.2 Å². The highest BCUT2D eigenvalue weighted by atomic mass is 16.5. The lowest BCUT2D eigenvalue weighted by Crippen LogP contribution is -2.47. The van der Waals surface area contributed by atoms with E-state index in [0.29, 0.717) is 12.1 Å². The fourth-order valence-electron chi connectivity index (χ4n) is 3.59. The molecular weight excluding hydrogens is 328 g/mol. The Morgan fingerprint density at radius 3 is 2.65 bits per heavy atom. The molecule has 0 bridgehead atoms. The Bertz CT molecular complexity index is 729. The molecule has 1 fully saturated rings. The van der Waals surface area contributed by atoms with E-state index in [9.17, 15) is 0 Å². The number of fused-ring (bicyclic) bond motifs is 1. The molecule has 1 N–H and O–H groups in total. The summed E-state index contributed by atoms with van der Waals surface area (Å²) in [5, 5.41) is 4.81. The summed E-state index contributed by atoms with van der Waals surface area (Å²) in [5.74, 6) is 1.65. The number of aromatic nitrogens is 2. The van der Waals surface area contributed by atoms with Gasteiger partial charge in [-0.15, -0.1) is 0 Å². The van der Waals surface area contributed by atoms with Crippen LogP contribution >= 0.6 is 0 Å². The molecule has 1 atom stereocenters. The van der Waals surface area contributed by atoms with Crippen molar-refractivity contribution in [1.82, 2.24) is 15.3 Å². The molecule has 6 heteroatoms. The fourth-order valence-corrected chi connectivity index (χ4v) is 3.59. The van der Waals surface area contributed by atoms with E-state index in [1.165, 1.54) is 0 Å². The van der Waals surface area contributed by atoms with E-state index in [4.69, 9.17) is 19.4 Å². The molecule has 0 aliphatic carbocycles. The van der Waals surface area contributed by atoms with Crippen molar-refractivity contribution < 1.29 is 9.47 Å². The normalized spacial score (nSPS) is 16.8. The van der Waals surface area contributed by atoms with Gasteiger partial charge in [0.2, 0.25) is 5.95 Å². The summed E-state index contributed by atoms with van der Waals surface area (Å²) < 4.78 is 10.6. The average Bonchev–Trinajstić information content (AvgIpc) is 2.67. The summed E-state index contributed by atoms with van der Waals surface area (Å²) in [6.45, 7) is 6.95. The second kappa shape index (κ2) is 8.64. The maximum atomic E-state index is 5.34. The van der Waals surface area contributed by atoms with Crippen molar-refractivity contribution in [3.05, 3.63) is 23.9 Å². The van der Waals surface area contributed by atoms with Gasteiger partial charge in [-0.25, -0.2) is 9.97 Å². The van der Waals surface area contributed by atoms with E-state index < -0.39 is 0 Å². The van der Waals surface area contributed by atoms with Gasteiger partial charge in [0, 0.05) is 43.7 Å². The van der Waals surface area contributed by atoms with Crippen LogP contribution in [-0.2, 0) is 4.74 Å². The molecule has 1 saturated heterocycles. The summed E-state index contributed by atoms with van der Waals surface area (Å²) in [7, 11) is 3.45. The van der Waals surface area contributed by atoms with Gasteiger partial charge in [0.25, 0.3) is 0 Å². The first-order valence-corrected chi connectivity index (χ1v) is 9.47. The predicted octanol–water partition coefficient (Wildman–Crippen LogP) is 2.93. The number of rotatable bonds is 7. The molecular formula is C20H30N4O2. The van der Waals surface area contributed by atoms with Crippen LogP contribution in [0.15, 0.2) is 18.2 Å². The fraction of sp³-hybridized carbons (Fsp3) is 0.600. The smallest absolute Gasteiger partial charge is 0.226 e. The Kier molecular flexibility index (Phi) is 6.27. The van der Waals surface area contributed by atoms with Crippen LogP contribution in [-0.4, -0.2) is 56.0 Å². The van der Waals surface area contributed by atoms with Crippen LogP contribution in [0, 0.1) is 6.92 Å². The number of nitrogens with one attached hydrogen (secondary N) is 1. The molecule has 3 rings (SSSR count). The Morgan fingerprint density at radius 1 is 1.23 bits per heavy atom. The molecule has 1 unspecified atom stereocenters. The lowest BCUT2D eigenvalue weighted by molar-refractivity contribution is 0.155. The van der Waals surface area contributed by atoms with Crippen molar-refractivity contribution in [2.45, 2.75) is 45.2 Å². The molecule has 0 amide bonds. The Morgan fingerprint density at radius 2 is 2.00 bits per heavy atom. The minimum absolute atomic E-state index is 0.433. The molecule has 1 aromatic carbocycles. The number of aryl methyl sites for hydroxylation is 1. The highest BCUT2D eigenvalue weighted by Gasteiger charge is 2.23.